The summed E-state index contributed by atoms with van der Waals surface area (Å²) in [5, 5.41) is 6.99. The minimum atomic E-state index is 0.897. The summed E-state index contributed by atoms with van der Waals surface area (Å²) in [7, 11) is 0. The van der Waals surface area contributed by atoms with Gasteiger partial charge < -0.3 is 13.9 Å². The van der Waals surface area contributed by atoms with Gasteiger partial charge >= 0.3 is 0 Å². The van der Waals surface area contributed by atoms with Crippen LogP contribution in [0.1, 0.15) is 0 Å². The Morgan fingerprint density at radius 3 is 1.71 bits per heavy atom. The number of anilines is 3. The smallest absolute Gasteiger partial charge is 0.145 e. The zero-order chi connectivity index (χ0) is 32.3. The highest BCUT2D eigenvalue weighted by molar-refractivity contribution is 6.19. The molecule has 0 radical (unpaired) electrons. The van der Waals surface area contributed by atoms with Crippen LogP contribution in [0.2, 0.25) is 0 Å². The fraction of sp³-hybridized carbons (Fsp3) is 0. The molecule has 0 fully saturated rings. The number of para-hydroxylation sites is 3. The summed E-state index contributed by atoms with van der Waals surface area (Å²) in [4.78, 5) is 2.36. The van der Waals surface area contributed by atoms with E-state index in [1.165, 1.54) is 32.9 Å². The average Bonchev–Trinajstić information content (AvgIpc) is 3.72. The molecule has 2 aromatic heterocycles. The largest absolute Gasteiger partial charge is 0.455 e. The molecule has 2 heterocycles. The van der Waals surface area contributed by atoms with Crippen LogP contribution in [0.5, 0.6) is 0 Å². The van der Waals surface area contributed by atoms with E-state index in [4.69, 9.17) is 4.42 Å². The van der Waals surface area contributed by atoms with E-state index in [2.05, 4.69) is 185 Å². The van der Waals surface area contributed by atoms with Crippen LogP contribution in [0.15, 0.2) is 186 Å². The summed E-state index contributed by atoms with van der Waals surface area (Å²) in [6.07, 6.45) is 0. The zero-order valence-corrected chi connectivity index (χ0v) is 26.6. The fourth-order valence-electron chi connectivity index (χ4n) is 7.53. The second-order valence-electron chi connectivity index (χ2n) is 12.6. The molecule has 0 unspecified atom stereocenters. The van der Waals surface area contributed by atoms with Crippen molar-refractivity contribution in [1.29, 1.82) is 0 Å². The first-order chi connectivity index (χ1) is 24.3. The average molecular weight is 627 g/mol. The summed E-state index contributed by atoms with van der Waals surface area (Å²) >= 11 is 0. The third-order valence-electron chi connectivity index (χ3n) is 9.78. The molecular weight excluding hydrogens is 597 g/mol. The number of rotatable bonds is 5. The number of fused-ring (bicyclic) bond motifs is 8. The lowest BCUT2D eigenvalue weighted by molar-refractivity contribution is 0.672. The number of hydrogen-bond acceptors (Lipinski definition) is 2. The first-order valence-corrected chi connectivity index (χ1v) is 16.7. The normalized spacial score (nSPS) is 11.7. The van der Waals surface area contributed by atoms with E-state index in [1.54, 1.807) is 0 Å². The number of aromatic nitrogens is 1. The molecule has 0 atom stereocenters. The Bertz CT molecular complexity index is 2750. The lowest BCUT2D eigenvalue weighted by Gasteiger charge is -2.27. The van der Waals surface area contributed by atoms with Crippen molar-refractivity contribution in [3.63, 3.8) is 0 Å². The summed E-state index contributed by atoms with van der Waals surface area (Å²) in [6, 6.07) is 64.9. The van der Waals surface area contributed by atoms with Gasteiger partial charge in [0.1, 0.15) is 11.2 Å². The molecule has 0 aliphatic heterocycles. The molecule has 0 bridgehead atoms. The molecule has 0 aliphatic carbocycles. The van der Waals surface area contributed by atoms with Gasteiger partial charge in [-0.25, -0.2) is 0 Å². The predicted molar refractivity (Wildman–Crippen MR) is 206 cm³/mol. The fourth-order valence-corrected chi connectivity index (χ4v) is 7.53. The quantitative estimate of drug-likeness (QED) is 0.190. The molecule has 10 aromatic rings. The van der Waals surface area contributed by atoms with Gasteiger partial charge in [-0.3, -0.25) is 0 Å². The number of nitrogens with zero attached hydrogens (tertiary/aromatic N) is 2. The first-order valence-electron chi connectivity index (χ1n) is 16.7. The van der Waals surface area contributed by atoms with E-state index in [9.17, 15) is 0 Å². The van der Waals surface area contributed by atoms with Crippen LogP contribution in [-0.2, 0) is 0 Å². The van der Waals surface area contributed by atoms with Crippen molar-refractivity contribution in [3.8, 4) is 16.8 Å². The monoisotopic (exact) mass is 626 g/mol. The van der Waals surface area contributed by atoms with Crippen LogP contribution in [0.3, 0.4) is 0 Å². The van der Waals surface area contributed by atoms with Crippen LogP contribution >= 0.6 is 0 Å². The highest BCUT2D eigenvalue weighted by Crippen LogP contribution is 2.44. The second kappa shape index (κ2) is 11.0. The molecule has 0 spiro atoms. The van der Waals surface area contributed by atoms with Crippen LogP contribution in [0.25, 0.3) is 71.3 Å². The third-order valence-corrected chi connectivity index (χ3v) is 9.78. The minimum Gasteiger partial charge on any atom is -0.455 e. The van der Waals surface area contributed by atoms with Gasteiger partial charge in [-0.1, -0.05) is 115 Å². The lowest BCUT2D eigenvalue weighted by Crippen LogP contribution is -2.10. The molecule has 0 saturated carbocycles. The lowest BCUT2D eigenvalue weighted by atomic mass is 10.0. The number of benzene rings is 8. The molecule has 230 valence electrons. The van der Waals surface area contributed by atoms with Gasteiger partial charge in [-0.15, -0.1) is 0 Å². The molecule has 0 amide bonds. The van der Waals surface area contributed by atoms with E-state index in [1.807, 2.05) is 6.07 Å². The van der Waals surface area contributed by atoms with Crippen molar-refractivity contribution in [1.82, 2.24) is 4.57 Å². The van der Waals surface area contributed by atoms with Crippen molar-refractivity contribution >= 4 is 71.6 Å². The highest BCUT2D eigenvalue weighted by atomic mass is 16.3. The summed E-state index contributed by atoms with van der Waals surface area (Å²) in [6.45, 7) is 0. The summed E-state index contributed by atoms with van der Waals surface area (Å²) in [5.74, 6) is 0. The third kappa shape index (κ3) is 4.37. The van der Waals surface area contributed by atoms with E-state index in [-0.39, 0.29) is 0 Å². The maximum Gasteiger partial charge on any atom is 0.145 e. The van der Waals surface area contributed by atoms with Gasteiger partial charge in [0.15, 0.2) is 0 Å². The van der Waals surface area contributed by atoms with Crippen molar-refractivity contribution in [2.45, 2.75) is 0 Å². The Hall–Kier alpha value is -6.58. The van der Waals surface area contributed by atoms with Crippen LogP contribution in [-0.4, -0.2) is 4.57 Å². The first kappa shape index (κ1) is 27.5. The van der Waals surface area contributed by atoms with Crippen molar-refractivity contribution < 1.29 is 4.42 Å². The zero-order valence-electron chi connectivity index (χ0n) is 26.6. The molecule has 8 aromatic carbocycles. The molecular formula is C46H30N2O. The van der Waals surface area contributed by atoms with Gasteiger partial charge in [0.2, 0.25) is 0 Å². The van der Waals surface area contributed by atoms with Gasteiger partial charge in [0.05, 0.1) is 16.7 Å². The standard InChI is InChI=1S/C46H30N2O/c1-2-11-31(12-3-1)32-21-24-34(25-22-32)47(43-19-10-13-33-23-30-40-39-16-6-9-20-44(39)49-46(40)45(33)43)35-26-28-36(29-27-35)48-41-17-7-4-14-37(41)38-15-5-8-18-42(38)48/h1-30H. The Kier molecular flexibility index (Phi) is 6.18. The maximum atomic E-state index is 6.63. The topological polar surface area (TPSA) is 21.3 Å². The Morgan fingerprint density at radius 1 is 0.408 bits per heavy atom. The van der Waals surface area contributed by atoms with E-state index in [0.717, 1.165) is 55.5 Å². The van der Waals surface area contributed by atoms with E-state index in [0.29, 0.717) is 0 Å². The van der Waals surface area contributed by atoms with Gasteiger partial charge in [0, 0.05) is 44.0 Å². The van der Waals surface area contributed by atoms with Crippen LogP contribution in [0, 0.1) is 0 Å². The van der Waals surface area contributed by atoms with Crippen LogP contribution in [0.4, 0.5) is 17.1 Å². The molecule has 0 aliphatic rings. The Labute approximate surface area is 283 Å². The predicted octanol–water partition coefficient (Wildman–Crippen LogP) is 13.0. The maximum absolute atomic E-state index is 6.63. The van der Waals surface area contributed by atoms with Gasteiger partial charge in [-0.05, 0) is 83.2 Å². The van der Waals surface area contributed by atoms with Crippen molar-refractivity contribution in [2.24, 2.45) is 0 Å². The number of furan rings is 1. The molecule has 10 rings (SSSR count). The van der Waals surface area contributed by atoms with Gasteiger partial charge in [-0.2, -0.15) is 0 Å². The SMILES string of the molecule is c1ccc(-c2ccc(N(c3ccc(-n4c5ccccc5c5ccccc54)cc3)c3cccc4ccc5c6ccccc6oc5c34)cc2)cc1. The van der Waals surface area contributed by atoms with Gasteiger partial charge in [0.25, 0.3) is 0 Å². The molecule has 3 nitrogen and oxygen atoms in total. The van der Waals surface area contributed by atoms with Crippen LogP contribution < -0.4 is 4.90 Å². The Morgan fingerprint density at radius 2 is 1.00 bits per heavy atom. The number of hydrogen-bond donors (Lipinski definition) is 0. The highest BCUT2D eigenvalue weighted by Gasteiger charge is 2.20. The minimum absolute atomic E-state index is 0.897. The molecule has 0 saturated heterocycles. The second-order valence-corrected chi connectivity index (χ2v) is 12.6. The van der Waals surface area contributed by atoms with Crippen molar-refractivity contribution in [3.05, 3.63) is 182 Å². The van der Waals surface area contributed by atoms with Crippen molar-refractivity contribution in [2.75, 3.05) is 4.90 Å². The summed E-state index contributed by atoms with van der Waals surface area (Å²) in [5.41, 5.74) is 10.9. The molecule has 49 heavy (non-hydrogen) atoms. The van der Waals surface area contributed by atoms with E-state index < -0.39 is 0 Å². The molecule has 0 N–H and O–H groups in total. The summed E-state index contributed by atoms with van der Waals surface area (Å²) < 4.78 is 8.99. The Balaban J connectivity index is 1.19. The van der Waals surface area contributed by atoms with E-state index >= 15 is 0 Å². The molecule has 3 heteroatoms.